The molecule has 6 nitrogen and oxygen atoms in total. The number of carbonyl (C=O) groups is 1. The lowest BCUT2D eigenvalue weighted by Crippen LogP contribution is -2.48. The Kier molecular flexibility index (Phi) is 4.02. The van der Waals surface area contributed by atoms with Crippen LogP contribution in [0.3, 0.4) is 0 Å². The number of sulfonamides is 1. The van der Waals surface area contributed by atoms with Crippen LogP contribution >= 0.6 is 0 Å². The summed E-state index contributed by atoms with van der Waals surface area (Å²) in [6.07, 6.45) is 3.09. The van der Waals surface area contributed by atoms with Gasteiger partial charge >= 0.3 is 0 Å². The molecule has 25 heavy (non-hydrogen) atoms. The van der Waals surface area contributed by atoms with E-state index in [0.717, 1.165) is 24.6 Å². The number of nitrogens with zero attached hydrogens (tertiary/aromatic N) is 1. The maximum absolute atomic E-state index is 13.5. The van der Waals surface area contributed by atoms with Gasteiger partial charge in [0.05, 0.1) is 4.90 Å². The second kappa shape index (κ2) is 6.09. The van der Waals surface area contributed by atoms with E-state index in [1.807, 2.05) is 24.3 Å². The smallest absolute Gasteiger partial charge is 0.261 e. The van der Waals surface area contributed by atoms with Crippen LogP contribution in [0.4, 0.5) is 0 Å². The number of benzene rings is 2. The molecule has 1 aliphatic heterocycles. The van der Waals surface area contributed by atoms with Crippen molar-refractivity contribution in [3.05, 3.63) is 42.5 Å². The van der Waals surface area contributed by atoms with Gasteiger partial charge in [-0.1, -0.05) is 42.8 Å². The molecule has 1 saturated carbocycles. The van der Waals surface area contributed by atoms with Crippen LogP contribution in [0.1, 0.15) is 25.7 Å². The lowest BCUT2D eigenvalue weighted by molar-refractivity contribution is -0.132. The van der Waals surface area contributed by atoms with Crippen LogP contribution in [0.5, 0.6) is 0 Å². The molecule has 3 atom stereocenters. The van der Waals surface area contributed by atoms with Crippen LogP contribution < -0.4 is 5.48 Å². The predicted octanol–water partition coefficient (Wildman–Crippen LogP) is 2.28. The van der Waals surface area contributed by atoms with Crippen LogP contribution in [-0.4, -0.2) is 35.9 Å². The van der Waals surface area contributed by atoms with Crippen molar-refractivity contribution in [3.63, 3.8) is 0 Å². The molecular formula is C18H20N2O4S. The Hall–Kier alpha value is -1.96. The second-order valence-corrected chi connectivity index (χ2v) is 8.61. The summed E-state index contributed by atoms with van der Waals surface area (Å²) in [4.78, 5) is 12.3. The summed E-state index contributed by atoms with van der Waals surface area (Å²) in [7, 11) is -3.86. The van der Waals surface area contributed by atoms with E-state index in [4.69, 9.17) is 5.21 Å². The first-order chi connectivity index (χ1) is 12.0. The minimum atomic E-state index is -3.86. The van der Waals surface area contributed by atoms with E-state index in [1.54, 1.807) is 23.7 Å². The molecule has 3 unspecified atom stereocenters. The van der Waals surface area contributed by atoms with Gasteiger partial charge in [0.1, 0.15) is 6.04 Å². The number of amides is 1. The van der Waals surface area contributed by atoms with Gasteiger partial charge in [-0.05, 0) is 36.6 Å². The van der Waals surface area contributed by atoms with E-state index in [2.05, 4.69) is 0 Å². The average molecular weight is 360 g/mol. The van der Waals surface area contributed by atoms with E-state index >= 15 is 0 Å². The van der Waals surface area contributed by atoms with E-state index < -0.39 is 22.0 Å². The van der Waals surface area contributed by atoms with Crippen molar-refractivity contribution in [2.45, 2.75) is 42.7 Å². The summed E-state index contributed by atoms with van der Waals surface area (Å²) >= 11 is 0. The normalized spacial score (nSPS) is 26.7. The van der Waals surface area contributed by atoms with Gasteiger partial charge in [0, 0.05) is 11.4 Å². The van der Waals surface area contributed by atoms with Gasteiger partial charge in [0.15, 0.2) is 0 Å². The fraction of sp³-hybridized carbons (Fsp3) is 0.389. The van der Waals surface area contributed by atoms with Crippen molar-refractivity contribution >= 4 is 26.7 Å². The monoisotopic (exact) mass is 360 g/mol. The molecular weight excluding hydrogens is 340 g/mol. The third-order valence-corrected chi connectivity index (χ3v) is 7.49. The fourth-order valence-corrected chi connectivity index (χ4v) is 6.52. The number of nitrogens with one attached hydrogen (secondary N) is 1. The Balaban J connectivity index is 1.86. The van der Waals surface area contributed by atoms with E-state index in [1.165, 1.54) is 4.31 Å². The molecule has 2 aliphatic rings. The van der Waals surface area contributed by atoms with Crippen molar-refractivity contribution in [1.29, 1.82) is 0 Å². The molecule has 1 amide bonds. The lowest BCUT2D eigenvalue weighted by Gasteiger charge is -2.28. The summed E-state index contributed by atoms with van der Waals surface area (Å²) in [6.45, 7) is 0. The first-order valence-electron chi connectivity index (χ1n) is 8.49. The summed E-state index contributed by atoms with van der Waals surface area (Å²) in [5, 5.41) is 10.6. The molecule has 132 valence electrons. The summed E-state index contributed by atoms with van der Waals surface area (Å²) < 4.78 is 28.3. The quantitative estimate of drug-likeness (QED) is 0.649. The fourth-order valence-electron chi connectivity index (χ4n) is 4.43. The molecule has 1 aliphatic carbocycles. The van der Waals surface area contributed by atoms with Crippen molar-refractivity contribution in [1.82, 2.24) is 9.79 Å². The molecule has 4 rings (SSSR count). The number of fused-ring (bicyclic) bond motifs is 2. The molecule has 1 saturated heterocycles. The van der Waals surface area contributed by atoms with Crippen LogP contribution in [0.15, 0.2) is 47.4 Å². The van der Waals surface area contributed by atoms with E-state index in [0.29, 0.717) is 11.8 Å². The largest absolute Gasteiger partial charge is 0.289 e. The van der Waals surface area contributed by atoms with Gasteiger partial charge in [-0.25, -0.2) is 13.9 Å². The highest BCUT2D eigenvalue weighted by molar-refractivity contribution is 7.89. The van der Waals surface area contributed by atoms with Crippen molar-refractivity contribution < 1.29 is 18.4 Å². The maximum atomic E-state index is 13.5. The number of rotatable bonds is 3. The molecule has 2 N–H and O–H groups in total. The Labute approximate surface area is 146 Å². The van der Waals surface area contributed by atoms with Gasteiger partial charge in [-0.15, -0.1) is 0 Å². The second-order valence-electron chi connectivity index (χ2n) is 6.80. The minimum absolute atomic E-state index is 0.173. The van der Waals surface area contributed by atoms with Crippen LogP contribution in [0, 0.1) is 5.92 Å². The van der Waals surface area contributed by atoms with E-state index in [-0.39, 0.29) is 16.9 Å². The zero-order valence-electron chi connectivity index (χ0n) is 13.6. The number of hydroxylamine groups is 1. The average Bonchev–Trinajstić information content (AvgIpc) is 3.21. The third-order valence-electron chi connectivity index (χ3n) is 5.50. The molecule has 0 aromatic heterocycles. The third kappa shape index (κ3) is 2.54. The Bertz CT molecular complexity index is 922. The molecule has 2 fully saturated rings. The zero-order chi connectivity index (χ0) is 17.6. The molecule has 0 radical (unpaired) electrons. The standard InChI is InChI=1S/C18H20N2O4S/c21-18(19-22)16-11-13-7-3-9-15(13)20(16)25(23,24)17-10-4-6-12-5-1-2-8-14(12)17/h1-2,4-6,8,10,13,15-16,22H,3,7,9,11H2,(H,19,21). The van der Waals surface area contributed by atoms with Gasteiger partial charge < -0.3 is 0 Å². The Morgan fingerprint density at radius 1 is 1.12 bits per heavy atom. The topological polar surface area (TPSA) is 86.7 Å². The van der Waals surface area contributed by atoms with Gasteiger partial charge in [-0.2, -0.15) is 4.31 Å². The van der Waals surface area contributed by atoms with Crippen LogP contribution in [-0.2, 0) is 14.8 Å². The first kappa shape index (κ1) is 16.5. The van der Waals surface area contributed by atoms with Gasteiger partial charge in [0.2, 0.25) is 10.0 Å². The number of hydrogen-bond donors (Lipinski definition) is 2. The Morgan fingerprint density at radius 3 is 2.68 bits per heavy atom. The maximum Gasteiger partial charge on any atom is 0.261 e. The summed E-state index contributed by atoms with van der Waals surface area (Å²) in [5.41, 5.74) is 1.64. The highest BCUT2D eigenvalue weighted by Gasteiger charge is 2.52. The van der Waals surface area contributed by atoms with Crippen molar-refractivity contribution in [2.75, 3.05) is 0 Å². The van der Waals surface area contributed by atoms with Crippen LogP contribution in [0.2, 0.25) is 0 Å². The zero-order valence-corrected chi connectivity index (χ0v) is 14.4. The molecule has 1 heterocycles. The summed E-state index contributed by atoms with van der Waals surface area (Å²) in [6, 6.07) is 11.5. The predicted molar refractivity (Wildman–Crippen MR) is 92.4 cm³/mol. The molecule has 7 heteroatoms. The highest BCUT2D eigenvalue weighted by Crippen LogP contribution is 2.44. The van der Waals surface area contributed by atoms with Crippen LogP contribution in [0.25, 0.3) is 10.8 Å². The highest BCUT2D eigenvalue weighted by atomic mass is 32.2. The first-order valence-corrected chi connectivity index (χ1v) is 9.93. The SMILES string of the molecule is O=C(NO)C1CC2CCCC2N1S(=O)(=O)c1cccc2ccccc12. The number of hydrogen-bond acceptors (Lipinski definition) is 4. The lowest BCUT2D eigenvalue weighted by atomic mass is 10.0. The minimum Gasteiger partial charge on any atom is -0.289 e. The molecule has 2 aromatic rings. The summed E-state index contributed by atoms with van der Waals surface area (Å²) in [5.74, 6) is -0.481. The Morgan fingerprint density at radius 2 is 1.88 bits per heavy atom. The molecule has 0 bridgehead atoms. The molecule has 2 aromatic carbocycles. The molecule has 0 spiro atoms. The van der Waals surface area contributed by atoms with E-state index in [9.17, 15) is 13.2 Å². The van der Waals surface area contributed by atoms with Gasteiger partial charge in [0.25, 0.3) is 5.91 Å². The van der Waals surface area contributed by atoms with Crippen molar-refractivity contribution in [3.8, 4) is 0 Å². The van der Waals surface area contributed by atoms with Gasteiger partial charge in [-0.3, -0.25) is 10.0 Å². The van der Waals surface area contributed by atoms with Crippen molar-refractivity contribution in [2.24, 2.45) is 5.92 Å². The number of carbonyl (C=O) groups excluding carboxylic acids is 1.